The van der Waals surface area contributed by atoms with E-state index in [0.717, 1.165) is 0 Å². The summed E-state index contributed by atoms with van der Waals surface area (Å²) in [5.41, 5.74) is -0.124. The summed E-state index contributed by atoms with van der Waals surface area (Å²) in [5.74, 6) is -1.55. The second kappa shape index (κ2) is 8.55. The topological polar surface area (TPSA) is 89.9 Å². The Balaban J connectivity index is 2.24. The van der Waals surface area contributed by atoms with Crippen LogP contribution in [-0.4, -0.2) is 52.0 Å². The number of β-lactam (4-membered cyclic amide) rings is 1. The monoisotopic (exact) mass is 445 g/mol. The van der Waals surface area contributed by atoms with E-state index in [-0.39, 0.29) is 32.4 Å². The van der Waals surface area contributed by atoms with Crippen molar-refractivity contribution in [3.05, 3.63) is 22.6 Å². The van der Waals surface area contributed by atoms with Gasteiger partial charge in [-0.1, -0.05) is 33.8 Å². The maximum Gasteiger partial charge on any atom is 0.358 e. The number of rotatable bonds is 9. The van der Waals surface area contributed by atoms with Gasteiger partial charge in [0.2, 0.25) is 10.1 Å². The molecule has 158 valence electrons. The van der Waals surface area contributed by atoms with Gasteiger partial charge in [0.05, 0.1) is 12.0 Å². The van der Waals surface area contributed by atoms with Crippen LogP contribution in [0.3, 0.4) is 0 Å². The van der Waals surface area contributed by atoms with Gasteiger partial charge in [-0.05, 0) is 47.5 Å². The van der Waals surface area contributed by atoms with Crippen LogP contribution in [0.1, 0.15) is 40.5 Å². The van der Waals surface area contributed by atoms with Crippen molar-refractivity contribution in [2.24, 2.45) is 5.92 Å². The first-order valence-corrected chi connectivity index (χ1v) is 14.6. The summed E-state index contributed by atoms with van der Waals surface area (Å²) in [6, 6.07) is 0. The lowest BCUT2D eigenvalue weighted by atomic mass is 9.90. The molecule has 0 bridgehead atoms. The van der Waals surface area contributed by atoms with Crippen LogP contribution in [-0.2, 0) is 25.2 Å². The van der Waals surface area contributed by atoms with E-state index in [9.17, 15) is 19.2 Å². The van der Waals surface area contributed by atoms with Gasteiger partial charge in [-0.3, -0.25) is 9.69 Å². The minimum Gasteiger partial charge on any atom is -0.611 e. The standard InChI is InChI=1S/C19H31NO5S2Si/c1-8-10-11-27(24)18-14(17(22)23)20-15(21)13(16(20)26-18)12(9-2)25-28(6,7)19(3,4)5/h8,12-13,16H,1,9-11H2,2-7H3,(H,22,23)/t12-,13+,16+,27?/m0/s1. The van der Waals surface area contributed by atoms with E-state index in [1.165, 1.54) is 16.7 Å². The molecule has 0 aliphatic carbocycles. The lowest BCUT2D eigenvalue weighted by molar-refractivity contribution is -0.156. The number of carbonyl (C=O) groups is 2. The Morgan fingerprint density at radius 3 is 2.57 bits per heavy atom. The summed E-state index contributed by atoms with van der Waals surface area (Å²) in [5, 5.41) is 9.29. The number of fused-ring (bicyclic) bond motifs is 1. The molecule has 2 aliphatic rings. The maximum atomic E-state index is 12.9. The zero-order valence-corrected chi connectivity index (χ0v) is 20.1. The van der Waals surface area contributed by atoms with E-state index in [4.69, 9.17) is 4.43 Å². The first kappa shape index (κ1) is 23.5. The van der Waals surface area contributed by atoms with Gasteiger partial charge in [-0.2, -0.15) is 0 Å². The van der Waals surface area contributed by atoms with E-state index >= 15 is 0 Å². The van der Waals surface area contributed by atoms with Crippen molar-refractivity contribution in [2.45, 2.75) is 70.1 Å². The minimum absolute atomic E-state index is 0.0114. The van der Waals surface area contributed by atoms with Gasteiger partial charge in [-0.25, -0.2) is 4.79 Å². The predicted molar refractivity (Wildman–Crippen MR) is 117 cm³/mol. The summed E-state index contributed by atoms with van der Waals surface area (Å²) in [7, 11) is -2.08. The van der Waals surface area contributed by atoms with Crippen molar-refractivity contribution >= 4 is 43.1 Å². The summed E-state index contributed by atoms with van der Waals surface area (Å²) in [6.45, 7) is 16.3. The number of hydrogen-bond donors (Lipinski definition) is 1. The number of nitrogens with zero attached hydrogens (tertiary/aromatic N) is 1. The van der Waals surface area contributed by atoms with Crippen molar-refractivity contribution in [1.29, 1.82) is 0 Å². The molecule has 1 fully saturated rings. The summed E-state index contributed by atoms with van der Waals surface area (Å²) in [6.07, 6.45) is 2.59. The number of hydrogen-bond acceptors (Lipinski definition) is 5. The van der Waals surface area contributed by atoms with Gasteiger partial charge in [0.1, 0.15) is 11.1 Å². The van der Waals surface area contributed by atoms with E-state index in [2.05, 4.69) is 40.4 Å². The van der Waals surface area contributed by atoms with Crippen molar-refractivity contribution in [3.8, 4) is 0 Å². The lowest BCUT2D eigenvalue weighted by Crippen LogP contribution is -2.63. The molecule has 4 atom stereocenters. The largest absolute Gasteiger partial charge is 0.611 e. The molecule has 0 saturated carbocycles. The van der Waals surface area contributed by atoms with Crippen molar-refractivity contribution in [1.82, 2.24) is 4.90 Å². The first-order valence-electron chi connectivity index (χ1n) is 9.51. The van der Waals surface area contributed by atoms with E-state index < -0.39 is 31.4 Å². The second-order valence-corrected chi connectivity index (χ2v) is 16.3. The Hall–Kier alpha value is -0.743. The molecule has 1 unspecified atom stereocenters. The SMILES string of the molecule is C=CCC[S+]([O-])C1=C(C(=O)O)N2C(=O)[C@@H]([C@H](CC)O[Si](C)(C)C(C)(C)C)[C@H]2S1. The minimum atomic E-state index is -2.08. The number of carboxylic acid groups (broad SMARTS) is 1. The van der Waals surface area contributed by atoms with Gasteiger partial charge < -0.3 is 14.1 Å². The number of aliphatic carboxylic acids is 1. The highest BCUT2D eigenvalue weighted by molar-refractivity contribution is 8.19. The number of thioether (sulfide) groups is 1. The lowest BCUT2D eigenvalue weighted by Gasteiger charge is -2.48. The van der Waals surface area contributed by atoms with E-state index in [1.54, 1.807) is 6.08 Å². The molecule has 9 heteroatoms. The fraction of sp³-hybridized carbons (Fsp3) is 0.684. The quantitative estimate of drug-likeness (QED) is 0.251. The molecule has 0 aromatic heterocycles. The van der Waals surface area contributed by atoms with Crippen molar-refractivity contribution in [3.63, 3.8) is 0 Å². The second-order valence-electron chi connectivity index (χ2n) is 8.64. The highest BCUT2D eigenvalue weighted by atomic mass is 32.3. The van der Waals surface area contributed by atoms with Gasteiger partial charge in [0.25, 0.3) is 0 Å². The summed E-state index contributed by atoms with van der Waals surface area (Å²) >= 11 is -0.212. The Kier molecular flexibility index (Phi) is 7.19. The van der Waals surface area contributed by atoms with Crippen LogP contribution in [0.25, 0.3) is 0 Å². The highest BCUT2D eigenvalue weighted by Gasteiger charge is 2.61. The molecule has 6 nitrogen and oxygen atoms in total. The smallest absolute Gasteiger partial charge is 0.358 e. The molecule has 1 saturated heterocycles. The average Bonchev–Trinajstić information content (AvgIpc) is 2.93. The molecule has 0 spiro atoms. The predicted octanol–water partition coefficient (Wildman–Crippen LogP) is 3.90. The van der Waals surface area contributed by atoms with E-state index in [1.807, 2.05) is 6.92 Å². The van der Waals surface area contributed by atoms with Gasteiger partial charge in [0, 0.05) is 6.42 Å². The fourth-order valence-corrected chi connectivity index (χ4v) is 7.69. The third-order valence-electron chi connectivity index (χ3n) is 5.72. The highest BCUT2D eigenvalue weighted by Crippen LogP contribution is 2.53. The third kappa shape index (κ3) is 4.23. The van der Waals surface area contributed by atoms with Crippen LogP contribution in [0.2, 0.25) is 18.1 Å². The third-order valence-corrected chi connectivity index (χ3v) is 13.4. The molecule has 28 heavy (non-hydrogen) atoms. The first-order chi connectivity index (χ1) is 12.9. The van der Waals surface area contributed by atoms with Crippen LogP contribution in [0.4, 0.5) is 0 Å². The molecule has 1 N–H and O–H groups in total. The van der Waals surface area contributed by atoms with Gasteiger partial charge in [-0.15, -0.1) is 6.58 Å². The molecule has 0 aromatic carbocycles. The average molecular weight is 446 g/mol. The summed E-state index contributed by atoms with van der Waals surface area (Å²) < 4.78 is 19.4. The number of amides is 1. The van der Waals surface area contributed by atoms with Crippen LogP contribution >= 0.6 is 11.8 Å². The number of carbonyl (C=O) groups excluding carboxylic acids is 1. The molecule has 0 radical (unpaired) electrons. The molecule has 2 aliphatic heterocycles. The zero-order chi connectivity index (χ0) is 21.4. The normalized spacial score (nSPS) is 24.7. The van der Waals surface area contributed by atoms with Gasteiger partial charge >= 0.3 is 5.97 Å². The molecule has 0 aromatic rings. The van der Waals surface area contributed by atoms with E-state index in [0.29, 0.717) is 18.6 Å². The Morgan fingerprint density at radius 2 is 2.11 bits per heavy atom. The number of allylic oxidation sites excluding steroid dienone is 1. The molecular formula is C19H31NO5S2Si. The Morgan fingerprint density at radius 1 is 1.50 bits per heavy atom. The van der Waals surface area contributed by atoms with Gasteiger partial charge in [0.15, 0.2) is 14.0 Å². The van der Waals surface area contributed by atoms with Crippen LogP contribution in [0, 0.1) is 5.92 Å². The summed E-state index contributed by atoms with van der Waals surface area (Å²) in [4.78, 5) is 26.0. The Labute approximate surface area is 176 Å². The molecule has 1 amide bonds. The van der Waals surface area contributed by atoms with Crippen LogP contribution < -0.4 is 0 Å². The zero-order valence-electron chi connectivity index (χ0n) is 17.5. The fourth-order valence-electron chi connectivity index (χ4n) is 3.06. The van der Waals surface area contributed by atoms with Crippen molar-refractivity contribution in [2.75, 3.05) is 5.75 Å². The molecule has 2 rings (SSSR count). The number of carboxylic acids is 1. The van der Waals surface area contributed by atoms with Crippen LogP contribution in [0.5, 0.6) is 0 Å². The van der Waals surface area contributed by atoms with Crippen LogP contribution in [0.15, 0.2) is 22.6 Å². The Bertz CT molecular complexity index is 688. The maximum absolute atomic E-state index is 12.9. The molecular weight excluding hydrogens is 414 g/mol. The molecule has 2 heterocycles. The van der Waals surface area contributed by atoms with Crippen molar-refractivity contribution < 1.29 is 23.7 Å².